The third kappa shape index (κ3) is 3.79. The predicted octanol–water partition coefficient (Wildman–Crippen LogP) is 0.356. The lowest BCUT2D eigenvalue weighted by Gasteiger charge is -1.88. The zero-order chi connectivity index (χ0) is 11.1. The second-order valence-electron chi connectivity index (χ2n) is 3.26. The third-order valence-corrected chi connectivity index (χ3v) is 2.11. The maximum atomic E-state index is 5.63. The van der Waals surface area contributed by atoms with E-state index in [-0.39, 0.29) is 0 Å². The third-order valence-electron chi connectivity index (χ3n) is 2.11. The van der Waals surface area contributed by atoms with Crippen molar-refractivity contribution in [2.24, 2.45) is 14.1 Å². The molecule has 0 aliphatic rings. The monoisotopic (exact) mass is 199 g/mol. The molecule has 0 radical (unpaired) electrons. The Balaban J connectivity index is 0.000000292. The van der Waals surface area contributed by atoms with Crippen LogP contribution in [0.15, 0.2) is 6.20 Å². The predicted molar refractivity (Wildman–Crippen MR) is 60.0 cm³/mol. The smallest absolute Gasteiger partial charge is 0.317 e. The molecule has 4 nitrogen and oxygen atoms in total. The lowest BCUT2D eigenvalue weighted by molar-refractivity contribution is -0.656. The van der Waals surface area contributed by atoms with E-state index in [9.17, 15) is 0 Å². The van der Waals surface area contributed by atoms with E-state index in [1.807, 2.05) is 36.4 Å². The Morgan fingerprint density at radius 3 is 2.00 bits per heavy atom. The summed E-state index contributed by atoms with van der Waals surface area (Å²) in [6.07, 6.45) is 2.00. The number of nitrogens with two attached hydrogens (primary N) is 1. The number of rotatable bonds is 2. The Morgan fingerprint density at radius 2 is 1.93 bits per heavy atom. The van der Waals surface area contributed by atoms with Gasteiger partial charge in [0, 0.05) is 0 Å². The number of aromatic nitrogens is 2. The molecular weight excluding hydrogens is 176 g/mol. The van der Waals surface area contributed by atoms with E-state index < -0.39 is 0 Å². The minimum Gasteiger partial charge on any atom is -0.317 e. The van der Waals surface area contributed by atoms with Crippen LogP contribution in [-0.2, 0) is 14.1 Å². The highest BCUT2D eigenvalue weighted by Gasteiger charge is 2.07. The molecule has 0 saturated heterocycles. The van der Waals surface area contributed by atoms with Crippen molar-refractivity contribution in [3.05, 3.63) is 11.9 Å². The Kier molecular flexibility index (Phi) is 5.95. The number of anilines is 1. The normalized spacial score (nSPS) is 9.50. The van der Waals surface area contributed by atoms with Crippen LogP contribution in [0.25, 0.3) is 0 Å². The van der Waals surface area contributed by atoms with Gasteiger partial charge < -0.3 is 5.32 Å². The molecule has 1 heterocycles. The van der Waals surface area contributed by atoms with Gasteiger partial charge in [0.25, 0.3) is 0 Å². The molecular formula is C10H23N4+. The van der Waals surface area contributed by atoms with Gasteiger partial charge in [-0.05, 0) is 20.0 Å². The van der Waals surface area contributed by atoms with Crippen molar-refractivity contribution in [2.75, 3.05) is 18.8 Å². The summed E-state index contributed by atoms with van der Waals surface area (Å²) in [7, 11) is 3.88. The summed E-state index contributed by atoms with van der Waals surface area (Å²) in [5, 5.41) is 3.11. The number of nitrogens with one attached hydrogen (secondary N) is 1. The molecule has 0 aliphatic heterocycles. The molecule has 1 aromatic rings. The minimum absolute atomic E-state index is 0.785. The van der Waals surface area contributed by atoms with Gasteiger partial charge in [-0.15, -0.1) is 0 Å². The summed E-state index contributed by atoms with van der Waals surface area (Å²) >= 11 is 0. The largest absolute Gasteiger partial charge is 0.354 e. The highest BCUT2D eigenvalue weighted by atomic mass is 15.2. The quantitative estimate of drug-likeness (QED) is 0.675. The molecule has 1 aromatic heterocycles. The zero-order valence-electron chi connectivity index (χ0n) is 9.96. The van der Waals surface area contributed by atoms with E-state index in [4.69, 9.17) is 5.73 Å². The minimum atomic E-state index is 0.785. The summed E-state index contributed by atoms with van der Waals surface area (Å²) in [6.45, 7) is 8.41. The molecule has 0 fully saturated rings. The summed E-state index contributed by atoms with van der Waals surface area (Å²) in [5.41, 5.74) is 6.80. The van der Waals surface area contributed by atoms with Gasteiger partial charge >= 0.3 is 5.95 Å². The first kappa shape index (κ1) is 13.0. The second-order valence-corrected chi connectivity index (χ2v) is 3.26. The molecule has 82 valence electrons. The fourth-order valence-corrected chi connectivity index (χ4v) is 1.10. The Morgan fingerprint density at radius 1 is 1.43 bits per heavy atom. The van der Waals surface area contributed by atoms with E-state index in [1.54, 1.807) is 0 Å². The van der Waals surface area contributed by atoms with Gasteiger partial charge in [0.05, 0.1) is 20.3 Å². The van der Waals surface area contributed by atoms with Crippen molar-refractivity contribution in [2.45, 2.75) is 20.8 Å². The average Bonchev–Trinajstić information content (AvgIpc) is 2.36. The number of nitrogen functional groups attached to an aromatic ring is 1. The molecule has 0 bridgehead atoms. The van der Waals surface area contributed by atoms with Gasteiger partial charge in [-0.3, -0.25) is 5.73 Å². The zero-order valence-corrected chi connectivity index (χ0v) is 9.96. The van der Waals surface area contributed by atoms with Crippen LogP contribution in [0.3, 0.4) is 0 Å². The molecule has 0 aliphatic carbocycles. The highest BCUT2D eigenvalue weighted by molar-refractivity contribution is 5.12. The molecule has 0 atom stereocenters. The van der Waals surface area contributed by atoms with Crippen molar-refractivity contribution in [3.63, 3.8) is 0 Å². The molecule has 0 spiro atoms. The highest BCUT2D eigenvalue weighted by Crippen LogP contribution is 1.97. The van der Waals surface area contributed by atoms with Gasteiger partial charge in [-0.2, -0.15) is 0 Å². The van der Waals surface area contributed by atoms with Crippen LogP contribution in [0.5, 0.6) is 0 Å². The standard InChI is InChI=1S/C6H11N3.C4H11N/c1-5-4-8(2)6(7)9(5)3;1-3-5-4-2/h4,7H,1-3H3;5H,3-4H2,1-2H3/p+1. The fraction of sp³-hybridized carbons (Fsp3) is 0.700. The van der Waals surface area contributed by atoms with E-state index >= 15 is 0 Å². The molecule has 1 rings (SSSR count). The van der Waals surface area contributed by atoms with Crippen LogP contribution < -0.4 is 15.6 Å². The summed E-state index contributed by atoms with van der Waals surface area (Å²) in [6, 6.07) is 0. The van der Waals surface area contributed by atoms with Crippen molar-refractivity contribution >= 4 is 5.95 Å². The molecule has 14 heavy (non-hydrogen) atoms. The van der Waals surface area contributed by atoms with Crippen LogP contribution in [0, 0.1) is 6.92 Å². The number of aryl methyl sites for hydroxylation is 2. The summed E-state index contributed by atoms with van der Waals surface area (Å²) in [5.74, 6) is 0.785. The van der Waals surface area contributed by atoms with Crippen LogP contribution in [0.4, 0.5) is 5.95 Å². The van der Waals surface area contributed by atoms with Crippen molar-refractivity contribution in [3.8, 4) is 0 Å². The van der Waals surface area contributed by atoms with Gasteiger partial charge in [-0.25, -0.2) is 9.13 Å². The van der Waals surface area contributed by atoms with Gasteiger partial charge in [0.1, 0.15) is 5.69 Å². The van der Waals surface area contributed by atoms with Gasteiger partial charge in [-0.1, -0.05) is 13.8 Å². The van der Waals surface area contributed by atoms with Crippen LogP contribution >= 0.6 is 0 Å². The lowest BCUT2D eigenvalue weighted by atomic mass is 10.5. The number of hydrogen-bond acceptors (Lipinski definition) is 2. The molecule has 3 N–H and O–H groups in total. The van der Waals surface area contributed by atoms with Crippen LogP contribution in [-0.4, -0.2) is 17.7 Å². The molecule has 0 amide bonds. The van der Waals surface area contributed by atoms with Crippen molar-refractivity contribution < 1.29 is 4.57 Å². The van der Waals surface area contributed by atoms with Crippen molar-refractivity contribution in [1.29, 1.82) is 0 Å². The lowest BCUT2D eigenvalue weighted by Crippen LogP contribution is -2.29. The van der Waals surface area contributed by atoms with Gasteiger partial charge in [0.15, 0.2) is 0 Å². The molecule has 4 heteroatoms. The van der Waals surface area contributed by atoms with E-state index in [2.05, 4.69) is 19.2 Å². The molecule has 0 aromatic carbocycles. The van der Waals surface area contributed by atoms with Crippen molar-refractivity contribution in [1.82, 2.24) is 9.88 Å². The van der Waals surface area contributed by atoms with Crippen LogP contribution in [0.1, 0.15) is 19.5 Å². The van der Waals surface area contributed by atoms with E-state index in [1.165, 1.54) is 5.69 Å². The maximum Gasteiger partial charge on any atom is 0.354 e. The summed E-state index contributed by atoms with van der Waals surface area (Å²) in [4.78, 5) is 0. The maximum absolute atomic E-state index is 5.63. The first-order chi connectivity index (χ1) is 6.54. The van der Waals surface area contributed by atoms with E-state index in [0.29, 0.717) is 0 Å². The number of nitrogens with zero attached hydrogens (tertiary/aromatic N) is 2. The first-order valence-corrected chi connectivity index (χ1v) is 5.02. The molecule has 0 saturated carbocycles. The summed E-state index contributed by atoms with van der Waals surface area (Å²) < 4.78 is 3.84. The Hall–Kier alpha value is -1.03. The fourth-order valence-electron chi connectivity index (χ4n) is 1.10. The average molecular weight is 199 g/mol. The first-order valence-electron chi connectivity index (χ1n) is 5.02. The number of imidazole rings is 1. The SMILES string of the molecule is CCNCC.Cc1c[n+](C)c(N)n1C. The van der Waals surface area contributed by atoms with Crippen LogP contribution in [0.2, 0.25) is 0 Å². The number of hydrogen-bond donors (Lipinski definition) is 2. The van der Waals surface area contributed by atoms with Gasteiger partial charge in [0.2, 0.25) is 0 Å². The Bertz CT molecular complexity index is 241. The van der Waals surface area contributed by atoms with E-state index in [0.717, 1.165) is 19.0 Å². The topological polar surface area (TPSA) is 46.9 Å². The Labute approximate surface area is 86.7 Å². The molecule has 0 unspecified atom stereocenters. The second kappa shape index (κ2) is 6.43.